The van der Waals surface area contributed by atoms with E-state index in [4.69, 9.17) is 4.74 Å². The Hall–Kier alpha value is -2.08. The first-order valence-corrected chi connectivity index (χ1v) is 10.6. The van der Waals surface area contributed by atoms with Crippen molar-refractivity contribution in [2.75, 3.05) is 45.9 Å². The molecule has 0 atom stereocenters. The van der Waals surface area contributed by atoms with Gasteiger partial charge < -0.3 is 14.5 Å². The van der Waals surface area contributed by atoms with Gasteiger partial charge in [-0.1, -0.05) is 31.2 Å². The summed E-state index contributed by atoms with van der Waals surface area (Å²) in [7, 11) is 0. The highest BCUT2D eigenvalue weighted by molar-refractivity contribution is 5.79. The van der Waals surface area contributed by atoms with Crippen LogP contribution in [-0.4, -0.2) is 72.6 Å². The van der Waals surface area contributed by atoms with Gasteiger partial charge in [0, 0.05) is 38.6 Å². The molecule has 6 heteroatoms. The van der Waals surface area contributed by atoms with Crippen LogP contribution in [0.4, 0.5) is 4.79 Å². The van der Waals surface area contributed by atoms with Crippen molar-refractivity contribution < 1.29 is 14.3 Å². The summed E-state index contributed by atoms with van der Waals surface area (Å²) in [4.78, 5) is 30.7. The molecule has 0 unspecified atom stereocenters. The van der Waals surface area contributed by atoms with Gasteiger partial charge in [0.15, 0.2) is 0 Å². The highest BCUT2D eigenvalue weighted by atomic mass is 16.6. The third kappa shape index (κ3) is 5.25. The fourth-order valence-corrected chi connectivity index (χ4v) is 4.06. The van der Waals surface area contributed by atoms with Gasteiger partial charge in [-0.3, -0.25) is 9.69 Å². The van der Waals surface area contributed by atoms with E-state index in [1.807, 2.05) is 11.8 Å². The van der Waals surface area contributed by atoms with Crippen LogP contribution in [0.25, 0.3) is 0 Å². The molecule has 2 fully saturated rings. The van der Waals surface area contributed by atoms with Crippen LogP contribution in [0.1, 0.15) is 37.8 Å². The summed E-state index contributed by atoms with van der Waals surface area (Å²) < 4.78 is 5.04. The summed E-state index contributed by atoms with van der Waals surface area (Å²) in [6.45, 7) is 9.63. The van der Waals surface area contributed by atoms with Crippen molar-refractivity contribution in [1.82, 2.24) is 14.7 Å². The predicted octanol–water partition coefficient (Wildman–Crippen LogP) is 2.76. The monoisotopic (exact) mass is 387 g/mol. The molecular formula is C22H33N3O3. The maximum atomic E-state index is 12.9. The van der Waals surface area contributed by atoms with E-state index >= 15 is 0 Å². The largest absolute Gasteiger partial charge is 0.450 e. The van der Waals surface area contributed by atoms with Gasteiger partial charge in [0.2, 0.25) is 5.91 Å². The molecular weight excluding hydrogens is 354 g/mol. The second kappa shape index (κ2) is 9.92. The van der Waals surface area contributed by atoms with Gasteiger partial charge in [-0.25, -0.2) is 4.79 Å². The number of aryl methyl sites for hydroxylation is 1. The van der Waals surface area contributed by atoms with E-state index in [2.05, 4.69) is 36.1 Å². The predicted molar refractivity (Wildman–Crippen MR) is 109 cm³/mol. The second-order valence-electron chi connectivity index (χ2n) is 7.73. The minimum atomic E-state index is -0.269. The first-order valence-electron chi connectivity index (χ1n) is 10.6. The van der Waals surface area contributed by atoms with Gasteiger partial charge >= 0.3 is 6.09 Å². The molecule has 1 aromatic rings. The maximum Gasteiger partial charge on any atom is 0.409 e. The van der Waals surface area contributed by atoms with Crippen molar-refractivity contribution in [3.63, 3.8) is 0 Å². The average Bonchev–Trinajstić information content (AvgIpc) is 2.74. The second-order valence-corrected chi connectivity index (χ2v) is 7.73. The first kappa shape index (κ1) is 20.6. The number of piperidine rings is 1. The number of piperazine rings is 1. The fourth-order valence-electron chi connectivity index (χ4n) is 4.06. The number of likely N-dealkylation sites (tertiary alicyclic amines) is 1. The highest BCUT2D eigenvalue weighted by Crippen LogP contribution is 2.22. The fraction of sp³-hybridized carbons (Fsp3) is 0.636. The van der Waals surface area contributed by atoms with Crippen LogP contribution in [-0.2, 0) is 22.5 Å². The van der Waals surface area contributed by atoms with Gasteiger partial charge in [-0.2, -0.15) is 0 Å². The van der Waals surface area contributed by atoms with Crippen LogP contribution in [0.5, 0.6) is 0 Å². The van der Waals surface area contributed by atoms with Gasteiger partial charge in [0.25, 0.3) is 0 Å². The number of hydrogen-bond donors (Lipinski definition) is 0. The Morgan fingerprint density at radius 1 is 0.893 bits per heavy atom. The summed E-state index contributed by atoms with van der Waals surface area (Å²) in [6.07, 6.45) is 2.64. The molecule has 2 amide bonds. The standard InChI is InChI=1S/C22H33N3O3/c1-3-18-5-7-19(8-6-18)17-23-11-9-20(10-12-23)21(26)24-13-15-25(16-14-24)22(27)28-4-2/h5-8,20H,3-4,9-17H2,1-2H3. The molecule has 3 rings (SSSR count). The molecule has 0 bridgehead atoms. The molecule has 0 aromatic heterocycles. The Kier molecular flexibility index (Phi) is 7.31. The van der Waals surface area contributed by atoms with Crippen molar-refractivity contribution in [1.29, 1.82) is 0 Å². The zero-order valence-corrected chi connectivity index (χ0v) is 17.2. The number of carbonyl (C=O) groups is 2. The lowest BCUT2D eigenvalue weighted by molar-refractivity contribution is -0.138. The lowest BCUT2D eigenvalue weighted by Gasteiger charge is -2.38. The summed E-state index contributed by atoms with van der Waals surface area (Å²) in [5.74, 6) is 0.378. The van der Waals surface area contributed by atoms with Crippen LogP contribution in [0, 0.1) is 5.92 Å². The van der Waals surface area contributed by atoms with Crippen molar-refractivity contribution in [2.45, 2.75) is 39.7 Å². The Labute approximate surface area is 168 Å². The molecule has 0 aliphatic carbocycles. The van der Waals surface area contributed by atoms with Crippen molar-refractivity contribution in [3.05, 3.63) is 35.4 Å². The summed E-state index contributed by atoms with van der Waals surface area (Å²) in [5, 5.41) is 0. The van der Waals surface area contributed by atoms with Crippen molar-refractivity contribution in [3.8, 4) is 0 Å². The Morgan fingerprint density at radius 2 is 1.46 bits per heavy atom. The van der Waals surface area contributed by atoms with E-state index < -0.39 is 0 Å². The molecule has 2 saturated heterocycles. The molecule has 28 heavy (non-hydrogen) atoms. The van der Waals surface area contributed by atoms with Gasteiger partial charge in [0.1, 0.15) is 0 Å². The van der Waals surface area contributed by atoms with Crippen molar-refractivity contribution in [2.24, 2.45) is 5.92 Å². The number of benzene rings is 1. The van der Waals surface area contributed by atoms with E-state index in [1.54, 1.807) is 4.90 Å². The first-order chi connectivity index (χ1) is 13.6. The third-order valence-electron chi connectivity index (χ3n) is 5.89. The molecule has 2 aliphatic heterocycles. The normalized spacial score (nSPS) is 18.9. The van der Waals surface area contributed by atoms with E-state index in [9.17, 15) is 9.59 Å². The minimum Gasteiger partial charge on any atom is -0.450 e. The van der Waals surface area contributed by atoms with Crippen LogP contribution in [0.2, 0.25) is 0 Å². The number of nitrogens with zero attached hydrogens (tertiary/aromatic N) is 3. The Balaban J connectivity index is 1.42. The smallest absolute Gasteiger partial charge is 0.409 e. The number of carbonyl (C=O) groups excluding carboxylic acids is 2. The van der Waals surface area contributed by atoms with Crippen LogP contribution >= 0.6 is 0 Å². The van der Waals surface area contributed by atoms with E-state index in [-0.39, 0.29) is 17.9 Å². The molecule has 6 nitrogen and oxygen atoms in total. The van der Waals surface area contributed by atoms with E-state index in [0.717, 1.165) is 38.9 Å². The van der Waals surface area contributed by atoms with Gasteiger partial charge in [-0.05, 0) is 50.4 Å². The Morgan fingerprint density at radius 3 is 2.04 bits per heavy atom. The minimum absolute atomic E-state index is 0.118. The number of hydrogen-bond acceptors (Lipinski definition) is 4. The van der Waals surface area contributed by atoms with Crippen LogP contribution in [0.15, 0.2) is 24.3 Å². The summed E-state index contributed by atoms with van der Waals surface area (Å²) in [5.41, 5.74) is 2.72. The van der Waals surface area contributed by atoms with E-state index in [0.29, 0.717) is 32.8 Å². The lowest BCUT2D eigenvalue weighted by Crippen LogP contribution is -2.53. The van der Waals surface area contributed by atoms with Crippen molar-refractivity contribution >= 4 is 12.0 Å². The zero-order chi connectivity index (χ0) is 19.9. The molecule has 0 radical (unpaired) electrons. The third-order valence-corrected chi connectivity index (χ3v) is 5.89. The molecule has 2 heterocycles. The molecule has 0 saturated carbocycles. The highest BCUT2D eigenvalue weighted by Gasteiger charge is 2.31. The van der Waals surface area contributed by atoms with Gasteiger partial charge in [-0.15, -0.1) is 0 Å². The number of rotatable bonds is 5. The molecule has 0 N–H and O–H groups in total. The molecule has 2 aliphatic rings. The SMILES string of the molecule is CCOC(=O)N1CCN(C(=O)C2CCN(Cc3ccc(CC)cc3)CC2)CC1. The molecule has 1 aromatic carbocycles. The number of amides is 2. The van der Waals surface area contributed by atoms with Gasteiger partial charge in [0.05, 0.1) is 6.61 Å². The summed E-state index contributed by atoms with van der Waals surface area (Å²) in [6, 6.07) is 8.86. The summed E-state index contributed by atoms with van der Waals surface area (Å²) >= 11 is 0. The maximum absolute atomic E-state index is 12.9. The molecule has 0 spiro atoms. The van der Waals surface area contributed by atoms with Crippen LogP contribution in [0.3, 0.4) is 0 Å². The average molecular weight is 388 g/mol. The lowest BCUT2D eigenvalue weighted by atomic mass is 9.94. The number of ether oxygens (including phenoxy) is 1. The topological polar surface area (TPSA) is 53.1 Å². The van der Waals surface area contributed by atoms with E-state index in [1.165, 1.54) is 11.1 Å². The Bertz CT molecular complexity index is 645. The molecule has 154 valence electrons. The quantitative estimate of drug-likeness (QED) is 0.780. The zero-order valence-electron chi connectivity index (χ0n) is 17.2. The van der Waals surface area contributed by atoms with Crippen LogP contribution < -0.4 is 0 Å².